The molecule has 2 bridgehead atoms. The van der Waals surface area contributed by atoms with Crippen LogP contribution in [0, 0.1) is 0 Å². The molecule has 0 unspecified atom stereocenters. The van der Waals surface area contributed by atoms with E-state index in [1.165, 1.54) is 0 Å². The van der Waals surface area contributed by atoms with E-state index in [0.717, 1.165) is 22.1 Å². The Balaban J connectivity index is 1.90. The highest BCUT2D eigenvalue weighted by Gasteiger charge is 2.73. The van der Waals surface area contributed by atoms with Gasteiger partial charge in [-0.2, -0.15) is 0 Å². The molecule has 1 aromatic rings. The molecule has 2 aliphatic heterocycles. The van der Waals surface area contributed by atoms with Gasteiger partial charge in [0, 0.05) is 22.5 Å². The second-order valence-corrected chi connectivity index (χ2v) is 8.22. The van der Waals surface area contributed by atoms with Gasteiger partial charge in [-0.3, -0.25) is 4.79 Å². The molecule has 2 aliphatic carbocycles. The van der Waals surface area contributed by atoms with Crippen LogP contribution in [0.3, 0.4) is 0 Å². The van der Waals surface area contributed by atoms with Crippen LogP contribution in [-0.2, 0) is 16.6 Å². The van der Waals surface area contributed by atoms with Crippen LogP contribution in [0.25, 0.3) is 0 Å². The molecule has 0 radical (unpaired) electrons. The van der Waals surface area contributed by atoms with Crippen molar-refractivity contribution in [3.05, 3.63) is 21.7 Å². The average Bonchev–Trinajstić information content (AvgIpc) is 2.85. The SMILES string of the molecule is CN1CC[C@]23c4c5c(Br)cc(O)c4O[C@H]2C(=O)CC[C@@]3(O)[C@H]1C5. The van der Waals surface area contributed by atoms with Crippen molar-refractivity contribution in [1.29, 1.82) is 0 Å². The van der Waals surface area contributed by atoms with Crippen molar-refractivity contribution >= 4 is 21.7 Å². The first-order valence-corrected chi connectivity index (χ1v) is 8.86. The number of ether oxygens (including phenoxy) is 1. The summed E-state index contributed by atoms with van der Waals surface area (Å²) in [7, 11) is 2.04. The Kier molecular flexibility index (Phi) is 2.54. The first-order chi connectivity index (χ1) is 10.9. The lowest BCUT2D eigenvalue weighted by atomic mass is 9.49. The lowest BCUT2D eigenvalue weighted by molar-refractivity contribution is -0.185. The largest absolute Gasteiger partial charge is 0.504 e. The molecule has 4 aliphatic rings. The number of benzene rings is 1. The number of nitrogens with zero attached hydrogens (tertiary/aromatic N) is 1. The second-order valence-electron chi connectivity index (χ2n) is 7.37. The smallest absolute Gasteiger partial charge is 0.174 e. The summed E-state index contributed by atoms with van der Waals surface area (Å²) in [6.07, 6.45) is 1.49. The van der Waals surface area contributed by atoms with Gasteiger partial charge in [-0.05, 0) is 44.5 Å². The summed E-state index contributed by atoms with van der Waals surface area (Å²) in [6.45, 7) is 0.812. The van der Waals surface area contributed by atoms with Crippen molar-refractivity contribution in [2.45, 2.75) is 48.8 Å². The summed E-state index contributed by atoms with van der Waals surface area (Å²) < 4.78 is 6.81. The van der Waals surface area contributed by atoms with Gasteiger partial charge in [0.2, 0.25) is 0 Å². The van der Waals surface area contributed by atoms with Crippen LogP contribution < -0.4 is 4.74 Å². The molecule has 122 valence electrons. The molecule has 23 heavy (non-hydrogen) atoms. The number of rotatable bonds is 0. The number of hydrogen-bond acceptors (Lipinski definition) is 5. The molecule has 5 nitrogen and oxygen atoms in total. The number of carbonyl (C=O) groups excluding carboxylic acids is 1. The highest BCUT2D eigenvalue weighted by molar-refractivity contribution is 9.10. The maximum absolute atomic E-state index is 12.6. The maximum Gasteiger partial charge on any atom is 0.174 e. The molecule has 6 heteroatoms. The van der Waals surface area contributed by atoms with Gasteiger partial charge in [-0.25, -0.2) is 0 Å². The molecule has 0 aromatic heterocycles. The normalized spacial score (nSPS) is 40.7. The van der Waals surface area contributed by atoms with Crippen LogP contribution in [-0.4, -0.2) is 52.2 Å². The van der Waals surface area contributed by atoms with Gasteiger partial charge in [0.1, 0.15) is 0 Å². The van der Waals surface area contributed by atoms with E-state index in [-0.39, 0.29) is 17.6 Å². The van der Waals surface area contributed by atoms with Crippen molar-refractivity contribution in [3.63, 3.8) is 0 Å². The molecule has 1 spiro atoms. The van der Waals surface area contributed by atoms with Gasteiger partial charge in [0.15, 0.2) is 23.4 Å². The molecule has 4 atom stereocenters. The van der Waals surface area contributed by atoms with Gasteiger partial charge >= 0.3 is 0 Å². The summed E-state index contributed by atoms with van der Waals surface area (Å²) in [5.74, 6) is 0.495. The maximum atomic E-state index is 12.6. The molecule has 1 saturated carbocycles. The fourth-order valence-corrected chi connectivity index (χ4v) is 6.15. The zero-order chi connectivity index (χ0) is 16.1. The quantitative estimate of drug-likeness (QED) is 0.714. The van der Waals surface area contributed by atoms with Crippen molar-refractivity contribution in [2.24, 2.45) is 0 Å². The van der Waals surface area contributed by atoms with Crippen LogP contribution in [0.5, 0.6) is 11.5 Å². The van der Waals surface area contributed by atoms with Crippen molar-refractivity contribution in [2.75, 3.05) is 13.6 Å². The minimum absolute atomic E-state index is 0.0326. The standard InChI is InChI=1S/C17H18BrNO4/c1-19-5-4-16-13-8-6-12(19)17(16,22)3-2-10(20)15(16)23-14(13)11(21)7-9(8)18/h7,12,15,21-22H,2-6H2,1H3/t12-,15+,16+,17-/m1/s1. The molecular weight excluding hydrogens is 362 g/mol. The zero-order valence-electron chi connectivity index (χ0n) is 12.8. The highest BCUT2D eigenvalue weighted by Crippen LogP contribution is 2.65. The van der Waals surface area contributed by atoms with E-state index < -0.39 is 17.1 Å². The second kappa shape index (κ2) is 4.10. The van der Waals surface area contributed by atoms with E-state index in [9.17, 15) is 15.0 Å². The van der Waals surface area contributed by atoms with E-state index in [4.69, 9.17) is 4.74 Å². The number of halogens is 1. The van der Waals surface area contributed by atoms with Crippen molar-refractivity contribution in [1.82, 2.24) is 4.90 Å². The first kappa shape index (κ1) is 14.3. The summed E-state index contributed by atoms with van der Waals surface area (Å²) in [5.41, 5.74) is 0.235. The summed E-state index contributed by atoms with van der Waals surface area (Å²) in [4.78, 5) is 14.8. The number of phenolic OH excluding ortho intramolecular Hbond substituents is 1. The number of ketones is 1. The number of phenols is 1. The summed E-state index contributed by atoms with van der Waals surface area (Å²) in [5, 5.41) is 22.1. The van der Waals surface area contributed by atoms with Gasteiger partial charge in [0.05, 0.1) is 11.0 Å². The van der Waals surface area contributed by atoms with E-state index in [1.807, 2.05) is 7.05 Å². The Morgan fingerprint density at radius 1 is 1.43 bits per heavy atom. The number of likely N-dealkylation sites (tertiary alicyclic amines) is 1. The topological polar surface area (TPSA) is 70.0 Å². The lowest BCUT2D eigenvalue weighted by Crippen LogP contribution is -2.76. The number of piperidine rings is 1. The van der Waals surface area contributed by atoms with E-state index >= 15 is 0 Å². The highest BCUT2D eigenvalue weighted by atomic mass is 79.9. The molecule has 1 aromatic carbocycles. The number of aliphatic hydroxyl groups is 1. The first-order valence-electron chi connectivity index (χ1n) is 8.07. The Labute approximate surface area is 142 Å². The predicted molar refractivity (Wildman–Crippen MR) is 85.8 cm³/mol. The third-order valence-corrected chi connectivity index (χ3v) is 7.31. The predicted octanol–water partition coefficient (Wildman–Crippen LogP) is 1.51. The Bertz CT molecular complexity index is 765. The van der Waals surface area contributed by atoms with Gasteiger partial charge < -0.3 is 19.8 Å². The summed E-state index contributed by atoms with van der Waals surface area (Å²) >= 11 is 3.56. The molecule has 1 saturated heterocycles. The third-order valence-electron chi connectivity index (χ3n) is 6.60. The molecule has 5 rings (SSSR count). The van der Waals surface area contributed by atoms with E-state index in [2.05, 4.69) is 20.8 Å². The lowest BCUT2D eigenvalue weighted by Gasteiger charge is -2.62. The number of aromatic hydroxyl groups is 1. The fourth-order valence-electron chi connectivity index (χ4n) is 5.58. The van der Waals surface area contributed by atoms with Gasteiger partial charge in [-0.15, -0.1) is 0 Å². The van der Waals surface area contributed by atoms with Crippen molar-refractivity contribution < 1.29 is 19.7 Å². The van der Waals surface area contributed by atoms with Crippen LogP contribution >= 0.6 is 15.9 Å². The number of carbonyl (C=O) groups is 1. The number of Topliss-reactive ketones (excluding diaryl/α,β-unsaturated/α-hetero) is 1. The average molecular weight is 380 g/mol. The Morgan fingerprint density at radius 3 is 3.00 bits per heavy atom. The monoisotopic (exact) mass is 379 g/mol. The Morgan fingerprint density at radius 2 is 2.22 bits per heavy atom. The molecule has 2 fully saturated rings. The van der Waals surface area contributed by atoms with E-state index in [1.54, 1.807) is 6.07 Å². The van der Waals surface area contributed by atoms with Crippen LogP contribution in [0.4, 0.5) is 0 Å². The van der Waals surface area contributed by atoms with Crippen LogP contribution in [0.15, 0.2) is 10.5 Å². The zero-order valence-corrected chi connectivity index (χ0v) is 14.4. The molecule has 0 amide bonds. The van der Waals surface area contributed by atoms with Gasteiger partial charge in [0.25, 0.3) is 0 Å². The minimum atomic E-state index is -0.982. The molecular formula is C17H18BrNO4. The minimum Gasteiger partial charge on any atom is -0.504 e. The third kappa shape index (κ3) is 1.37. The molecule has 2 N–H and O–H groups in total. The van der Waals surface area contributed by atoms with Crippen LogP contribution in [0.2, 0.25) is 0 Å². The van der Waals surface area contributed by atoms with Crippen molar-refractivity contribution in [3.8, 4) is 11.5 Å². The van der Waals surface area contributed by atoms with Gasteiger partial charge in [-0.1, -0.05) is 15.9 Å². The summed E-state index contributed by atoms with van der Waals surface area (Å²) in [6, 6.07) is 1.61. The fraction of sp³-hybridized carbons (Fsp3) is 0.588. The number of likely N-dealkylation sites (N-methyl/N-ethyl adjacent to an activating group) is 1. The number of hydrogen-bond donors (Lipinski definition) is 2. The Hall–Kier alpha value is -1.11. The van der Waals surface area contributed by atoms with E-state index in [0.29, 0.717) is 31.4 Å². The van der Waals surface area contributed by atoms with Crippen LogP contribution in [0.1, 0.15) is 30.4 Å². The molecule has 2 heterocycles.